The van der Waals surface area contributed by atoms with Gasteiger partial charge in [-0.2, -0.15) is 0 Å². The van der Waals surface area contributed by atoms with Gasteiger partial charge in [-0.25, -0.2) is 13.6 Å². The predicted molar refractivity (Wildman–Crippen MR) is 68.8 cm³/mol. The van der Waals surface area contributed by atoms with Gasteiger partial charge in [-0.1, -0.05) is 0 Å². The minimum Gasteiger partial charge on any atom is -0.478 e. The molecule has 1 aromatic heterocycles. The van der Waals surface area contributed by atoms with Crippen LogP contribution in [0.25, 0.3) is 0 Å². The highest BCUT2D eigenvalue weighted by Crippen LogP contribution is 2.21. The molecule has 0 spiro atoms. The van der Waals surface area contributed by atoms with Gasteiger partial charge in [0.2, 0.25) is 0 Å². The summed E-state index contributed by atoms with van der Waals surface area (Å²) in [5.41, 5.74) is 0.270. The Hall–Kier alpha value is -2.37. The van der Waals surface area contributed by atoms with Crippen molar-refractivity contribution < 1.29 is 23.1 Å². The fourth-order valence-electron chi connectivity index (χ4n) is 1.81. The van der Waals surface area contributed by atoms with Gasteiger partial charge in [-0.15, -0.1) is 0 Å². The molecule has 0 saturated carbocycles. The largest absolute Gasteiger partial charge is 0.478 e. The van der Waals surface area contributed by atoms with E-state index >= 15 is 0 Å². The molecule has 2 aromatic rings. The van der Waals surface area contributed by atoms with Gasteiger partial charge < -0.3 is 14.8 Å². The molecule has 4 nitrogen and oxygen atoms in total. The Bertz CT molecular complexity index is 665. The number of aryl methyl sites for hydroxylation is 2. The molecule has 0 bridgehead atoms. The maximum absolute atomic E-state index is 13.6. The monoisotopic (exact) mass is 281 g/mol. The maximum Gasteiger partial charge on any atom is 0.339 e. The summed E-state index contributed by atoms with van der Waals surface area (Å²) in [6.07, 6.45) is 0. The quantitative estimate of drug-likeness (QED) is 0.900. The van der Waals surface area contributed by atoms with Crippen LogP contribution in [0, 0.1) is 25.5 Å². The van der Waals surface area contributed by atoms with E-state index in [4.69, 9.17) is 9.52 Å². The minimum atomic E-state index is -1.09. The number of nitrogens with one attached hydrogen (secondary N) is 1. The van der Waals surface area contributed by atoms with Crippen LogP contribution in [0.1, 0.15) is 27.4 Å². The second-order valence-electron chi connectivity index (χ2n) is 4.42. The summed E-state index contributed by atoms with van der Waals surface area (Å²) >= 11 is 0. The molecule has 2 rings (SSSR count). The normalized spacial score (nSPS) is 10.6. The zero-order chi connectivity index (χ0) is 14.9. The number of aromatic carboxylic acids is 1. The molecule has 0 aliphatic carbocycles. The number of carbonyl (C=O) groups is 1. The van der Waals surface area contributed by atoms with Crippen molar-refractivity contribution in [1.82, 2.24) is 0 Å². The summed E-state index contributed by atoms with van der Waals surface area (Å²) in [6.45, 7) is 3.06. The van der Waals surface area contributed by atoms with E-state index in [-0.39, 0.29) is 29.1 Å². The molecule has 1 heterocycles. The van der Waals surface area contributed by atoms with Crippen LogP contribution in [0.4, 0.5) is 14.5 Å². The van der Waals surface area contributed by atoms with E-state index in [2.05, 4.69) is 5.32 Å². The van der Waals surface area contributed by atoms with Gasteiger partial charge in [-0.05, 0) is 31.5 Å². The van der Waals surface area contributed by atoms with Crippen molar-refractivity contribution >= 4 is 11.7 Å². The zero-order valence-electron chi connectivity index (χ0n) is 11.0. The highest BCUT2D eigenvalue weighted by Gasteiger charge is 2.14. The molecule has 0 saturated heterocycles. The van der Waals surface area contributed by atoms with Crippen LogP contribution in [-0.4, -0.2) is 11.1 Å². The Labute approximate surface area is 114 Å². The Morgan fingerprint density at radius 1 is 1.25 bits per heavy atom. The summed E-state index contributed by atoms with van der Waals surface area (Å²) < 4.78 is 32.2. The zero-order valence-corrected chi connectivity index (χ0v) is 11.0. The number of benzene rings is 1. The van der Waals surface area contributed by atoms with E-state index in [1.807, 2.05) is 0 Å². The maximum atomic E-state index is 13.6. The van der Waals surface area contributed by atoms with E-state index in [0.29, 0.717) is 5.76 Å². The molecule has 0 amide bonds. The first-order chi connectivity index (χ1) is 9.38. The van der Waals surface area contributed by atoms with Gasteiger partial charge in [0.1, 0.15) is 28.7 Å². The van der Waals surface area contributed by atoms with E-state index in [9.17, 15) is 13.6 Å². The summed E-state index contributed by atoms with van der Waals surface area (Å²) in [7, 11) is 0. The number of furan rings is 1. The van der Waals surface area contributed by atoms with Crippen molar-refractivity contribution in [2.75, 3.05) is 5.32 Å². The number of rotatable bonds is 4. The lowest BCUT2D eigenvalue weighted by molar-refractivity contribution is 0.0695. The molecule has 6 heteroatoms. The Balaban J connectivity index is 2.15. The molecule has 1 aromatic carbocycles. The van der Waals surface area contributed by atoms with Crippen molar-refractivity contribution in [2.24, 2.45) is 0 Å². The molecule has 0 atom stereocenters. The Kier molecular flexibility index (Phi) is 3.74. The number of halogens is 2. The standard InChI is InChI=1S/C14H13F2NO3/c1-7-3-12(16)13(5-11(7)15)17-6-9-4-10(14(18)19)8(2)20-9/h3-5,17H,6H2,1-2H3,(H,18,19). The second-order valence-corrected chi connectivity index (χ2v) is 4.42. The third-order valence-corrected chi connectivity index (χ3v) is 2.90. The fraction of sp³-hybridized carbons (Fsp3) is 0.214. The van der Waals surface area contributed by atoms with E-state index in [1.54, 1.807) is 0 Å². The minimum absolute atomic E-state index is 0.000900. The average Bonchev–Trinajstić information content (AvgIpc) is 2.74. The average molecular weight is 281 g/mol. The van der Waals surface area contributed by atoms with Gasteiger partial charge in [0.15, 0.2) is 0 Å². The highest BCUT2D eigenvalue weighted by atomic mass is 19.1. The molecule has 0 aliphatic heterocycles. The summed E-state index contributed by atoms with van der Waals surface area (Å²) in [6, 6.07) is 3.50. The van der Waals surface area contributed by atoms with Crippen molar-refractivity contribution in [3.63, 3.8) is 0 Å². The Morgan fingerprint density at radius 3 is 2.55 bits per heavy atom. The van der Waals surface area contributed by atoms with Gasteiger partial charge in [0, 0.05) is 6.07 Å². The number of carboxylic acids is 1. The third kappa shape index (κ3) is 2.79. The first-order valence-corrected chi connectivity index (χ1v) is 5.90. The number of hydrogen-bond acceptors (Lipinski definition) is 3. The molecular formula is C14H13F2NO3. The van der Waals surface area contributed by atoms with Crippen LogP contribution in [0.5, 0.6) is 0 Å². The van der Waals surface area contributed by atoms with Gasteiger partial charge in [0.05, 0.1) is 12.2 Å². The molecule has 0 radical (unpaired) electrons. The first-order valence-electron chi connectivity index (χ1n) is 5.90. The number of anilines is 1. The molecule has 0 aliphatic rings. The second kappa shape index (κ2) is 5.32. The topological polar surface area (TPSA) is 62.5 Å². The van der Waals surface area contributed by atoms with Gasteiger partial charge in [-0.3, -0.25) is 0 Å². The lowest BCUT2D eigenvalue weighted by Crippen LogP contribution is -2.02. The lowest BCUT2D eigenvalue weighted by Gasteiger charge is -2.07. The molecule has 0 unspecified atom stereocenters. The van der Waals surface area contributed by atoms with Crippen LogP contribution >= 0.6 is 0 Å². The van der Waals surface area contributed by atoms with Crippen molar-refractivity contribution in [2.45, 2.75) is 20.4 Å². The van der Waals surface area contributed by atoms with Gasteiger partial charge >= 0.3 is 5.97 Å². The van der Waals surface area contributed by atoms with Crippen LogP contribution in [0.2, 0.25) is 0 Å². The SMILES string of the molecule is Cc1cc(F)c(NCc2cc(C(=O)O)c(C)o2)cc1F. The van der Waals surface area contributed by atoms with E-state index < -0.39 is 17.6 Å². The van der Waals surface area contributed by atoms with E-state index in [1.165, 1.54) is 19.9 Å². The predicted octanol–water partition coefficient (Wildman–Crippen LogP) is 3.48. The van der Waals surface area contributed by atoms with Crippen molar-refractivity contribution in [1.29, 1.82) is 0 Å². The number of hydrogen-bond donors (Lipinski definition) is 2. The van der Waals surface area contributed by atoms with Crippen LogP contribution < -0.4 is 5.32 Å². The molecular weight excluding hydrogens is 268 g/mol. The van der Waals surface area contributed by atoms with Crippen LogP contribution in [0.15, 0.2) is 22.6 Å². The lowest BCUT2D eigenvalue weighted by atomic mass is 10.2. The Morgan fingerprint density at radius 2 is 1.95 bits per heavy atom. The molecule has 2 N–H and O–H groups in total. The number of carboxylic acid groups (broad SMARTS) is 1. The molecule has 106 valence electrons. The molecule has 20 heavy (non-hydrogen) atoms. The summed E-state index contributed by atoms with van der Waals surface area (Å²) in [5.74, 6) is -1.59. The van der Waals surface area contributed by atoms with Crippen molar-refractivity contribution in [3.05, 3.63) is 52.5 Å². The van der Waals surface area contributed by atoms with Crippen LogP contribution in [-0.2, 0) is 6.54 Å². The fourth-order valence-corrected chi connectivity index (χ4v) is 1.81. The van der Waals surface area contributed by atoms with E-state index in [0.717, 1.165) is 12.1 Å². The van der Waals surface area contributed by atoms with Gasteiger partial charge in [0.25, 0.3) is 0 Å². The first kappa shape index (κ1) is 14.0. The van der Waals surface area contributed by atoms with Crippen molar-refractivity contribution in [3.8, 4) is 0 Å². The van der Waals surface area contributed by atoms with Crippen LogP contribution in [0.3, 0.4) is 0 Å². The third-order valence-electron chi connectivity index (χ3n) is 2.90. The highest BCUT2D eigenvalue weighted by molar-refractivity contribution is 5.88. The summed E-state index contributed by atoms with van der Waals surface area (Å²) in [5, 5.41) is 11.6. The smallest absolute Gasteiger partial charge is 0.339 e. The summed E-state index contributed by atoms with van der Waals surface area (Å²) in [4.78, 5) is 10.9. The molecule has 0 fully saturated rings.